The molecule has 2 aliphatic carbocycles. The number of carboxylic acid groups (broad SMARTS) is 2. The first-order valence-corrected chi connectivity index (χ1v) is 13.1. The summed E-state index contributed by atoms with van der Waals surface area (Å²) < 4.78 is 5.78. The Morgan fingerprint density at radius 1 is 0.947 bits per heavy atom. The zero-order chi connectivity index (χ0) is 27.4. The molecule has 0 heterocycles. The van der Waals surface area contributed by atoms with Crippen LogP contribution in [0.5, 0.6) is 0 Å². The van der Waals surface area contributed by atoms with Crippen molar-refractivity contribution in [3.8, 4) is 11.1 Å². The van der Waals surface area contributed by atoms with Crippen LogP contribution in [0.3, 0.4) is 0 Å². The molecule has 2 aromatic carbocycles. The van der Waals surface area contributed by atoms with E-state index in [4.69, 9.17) is 4.74 Å². The number of fused-ring (bicyclic) bond motifs is 3. The van der Waals surface area contributed by atoms with Crippen LogP contribution in [0.1, 0.15) is 56.1 Å². The number of likely N-dealkylation sites (N-methyl/N-ethyl adjacent to an activating group) is 2. The molecule has 9 heteroatoms. The maximum absolute atomic E-state index is 13.7. The summed E-state index contributed by atoms with van der Waals surface area (Å²) in [6.45, 7) is 1.70. The zero-order valence-corrected chi connectivity index (χ0v) is 21.7. The van der Waals surface area contributed by atoms with Crippen LogP contribution >= 0.6 is 0 Å². The summed E-state index contributed by atoms with van der Waals surface area (Å²) in [5.41, 5.74) is 4.35. The first-order valence-electron chi connectivity index (χ1n) is 13.1. The first-order chi connectivity index (χ1) is 18.2. The van der Waals surface area contributed by atoms with E-state index in [-0.39, 0.29) is 25.0 Å². The van der Waals surface area contributed by atoms with E-state index in [2.05, 4.69) is 0 Å². The number of nitrogens with zero attached hydrogens (tertiary/aromatic N) is 2. The van der Waals surface area contributed by atoms with Crippen molar-refractivity contribution >= 4 is 23.9 Å². The average Bonchev–Trinajstić information content (AvgIpc) is 3.53. The molecular formula is C29H34N2O7. The van der Waals surface area contributed by atoms with Crippen molar-refractivity contribution in [3.05, 3.63) is 59.7 Å². The Hall–Kier alpha value is -3.88. The Balaban J connectivity index is 1.54. The third-order valence-electron chi connectivity index (χ3n) is 7.79. The molecule has 202 valence electrons. The van der Waals surface area contributed by atoms with E-state index in [1.54, 1.807) is 6.92 Å². The van der Waals surface area contributed by atoms with Crippen LogP contribution in [0.2, 0.25) is 0 Å². The molecule has 2 aromatic rings. The lowest BCUT2D eigenvalue weighted by molar-refractivity contribution is -0.156. The molecule has 1 fully saturated rings. The van der Waals surface area contributed by atoms with Gasteiger partial charge in [0.25, 0.3) is 0 Å². The van der Waals surface area contributed by atoms with E-state index in [0.717, 1.165) is 40.0 Å². The molecule has 2 amide bonds. The molecule has 0 radical (unpaired) electrons. The van der Waals surface area contributed by atoms with Crippen molar-refractivity contribution in [2.24, 2.45) is 5.92 Å². The number of rotatable bonds is 10. The second-order valence-electron chi connectivity index (χ2n) is 9.98. The summed E-state index contributed by atoms with van der Waals surface area (Å²) in [6.07, 6.45) is 1.84. The molecule has 2 atom stereocenters. The maximum atomic E-state index is 13.7. The van der Waals surface area contributed by atoms with Gasteiger partial charge in [-0.3, -0.25) is 14.5 Å². The highest BCUT2D eigenvalue weighted by Crippen LogP contribution is 2.44. The minimum atomic E-state index is -1.52. The lowest BCUT2D eigenvalue weighted by Gasteiger charge is -2.37. The molecule has 1 unspecified atom stereocenters. The Morgan fingerprint density at radius 3 is 2.00 bits per heavy atom. The second-order valence-corrected chi connectivity index (χ2v) is 9.98. The molecule has 0 saturated heterocycles. The van der Waals surface area contributed by atoms with E-state index in [0.29, 0.717) is 12.8 Å². The SMILES string of the molecule is CCN(C(=O)C(C1CCCC1)N(C)C(=O)OCC1c2ccccc2-c2ccccc21)[C@@H](CC(=O)O)C(=O)O. The molecule has 1 saturated carbocycles. The fourth-order valence-corrected chi connectivity index (χ4v) is 5.96. The fourth-order valence-electron chi connectivity index (χ4n) is 5.96. The molecule has 0 spiro atoms. The Kier molecular flexibility index (Phi) is 8.34. The van der Waals surface area contributed by atoms with E-state index < -0.39 is 42.4 Å². The first kappa shape index (κ1) is 27.2. The summed E-state index contributed by atoms with van der Waals surface area (Å²) in [4.78, 5) is 52.6. The van der Waals surface area contributed by atoms with Crippen molar-refractivity contribution in [2.45, 2.75) is 57.0 Å². The quantitative estimate of drug-likeness (QED) is 0.479. The highest BCUT2D eigenvalue weighted by molar-refractivity contribution is 5.91. The van der Waals surface area contributed by atoms with E-state index >= 15 is 0 Å². The largest absolute Gasteiger partial charge is 0.481 e. The van der Waals surface area contributed by atoms with Gasteiger partial charge in [0.05, 0.1) is 6.42 Å². The van der Waals surface area contributed by atoms with Crippen LogP contribution in [0.4, 0.5) is 4.79 Å². The van der Waals surface area contributed by atoms with E-state index in [1.165, 1.54) is 11.9 Å². The average molecular weight is 523 g/mol. The summed E-state index contributed by atoms with van der Waals surface area (Å²) in [7, 11) is 1.50. The lowest BCUT2D eigenvalue weighted by Crippen LogP contribution is -2.57. The second kappa shape index (κ2) is 11.7. The number of aliphatic carboxylic acids is 2. The van der Waals surface area contributed by atoms with Gasteiger partial charge in [-0.1, -0.05) is 61.4 Å². The van der Waals surface area contributed by atoms with Crippen LogP contribution in [0, 0.1) is 5.92 Å². The minimum absolute atomic E-state index is 0.00479. The van der Waals surface area contributed by atoms with E-state index in [1.807, 2.05) is 48.5 Å². The van der Waals surface area contributed by atoms with Gasteiger partial charge in [-0.25, -0.2) is 9.59 Å². The molecule has 38 heavy (non-hydrogen) atoms. The maximum Gasteiger partial charge on any atom is 0.410 e. The number of benzene rings is 2. The van der Waals surface area contributed by atoms with E-state index in [9.17, 15) is 29.4 Å². The molecule has 0 bridgehead atoms. The number of ether oxygens (including phenoxy) is 1. The molecule has 2 aliphatic rings. The van der Waals surface area contributed by atoms with Gasteiger partial charge < -0.3 is 19.8 Å². The lowest BCUT2D eigenvalue weighted by atomic mass is 9.94. The highest BCUT2D eigenvalue weighted by atomic mass is 16.6. The molecule has 2 N–H and O–H groups in total. The van der Waals surface area contributed by atoms with Gasteiger partial charge in [0, 0.05) is 19.5 Å². The Labute approximate surface area is 222 Å². The Morgan fingerprint density at radius 2 is 1.50 bits per heavy atom. The zero-order valence-electron chi connectivity index (χ0n) is 21.7. The fraction of sp³-hybridized carbons (Fsp3) is 0.448. The predicted molar refractivity (Wildman–Crippen MR) is 140 cm³/mol. The summed E-state index contributed by atoms with van der Waals surface area (Å²) in [5.74, 6) is -3.58. The summed E-state index contributed by atoms with van der Waals surface area (Å²) >= 11 is 0. The van der Waals surface area contributed by atoms with Gasteiger partial charge >= 0.3 is 18.0 Å². The van der Waals surface area contributed by atoms with Crippen molar-refractivity contribution in [1.29, 1.82) is 0 Å². The van der Waals surface area contributed by atoms with Crippen LogP contribution in [0.15, 0.2) is 48.5 Å². The topological polar surface area (TPSA) is 124 Å². The number of hydrogen-bond acceptors (Lipinski definition) is 5. The van der Waals surface area contributed by atoms with Gasteiger partial charge in [-0.15, -0.1) is 0 Å². The van der Waals surface area contributed by atoms with Crippen LogP contribution < -0.4 is 0 Å². The van der Waals surface area contributed by atoms with Crippen molar-refractivity contribution in [1.82, 2.24) is 9.80 Å². The third-order valence-corrected chi connectivity index (χ3v) is 7.79. The number of carbonyl (C=O) groups excluding carboxylic acids is 2. The predicted octanol–water partition coefficient (Wildman–Crippen LogP) is 4.20. The van der Waals surface area contributed by atoms with Crippen LogP contribution in [0.25, 0.3) is 11.1 Å². The van der Waals surface area contributed by atoms with Crippen LogP contribution in [-0.4, -0.2) is 76.2 Å². The van der Waals surface area contributed by atoms with Crippen molar-refractivity contribution in [3.63, 3.8) is 0 Å². The minimum Gasteiger partial charge on any atom is -0.481 e. The number of amides is 2. The molecule has 4 rings (SSSR count). The molecule has 0 aliphatic heterocycles. The summed E-state index contributed by atoms with van der Waals surface area (Å²) in [6, 6.07) is 13.5. The smallest absolute Gasteiger partial charge is 0.410 e. The van der Waals surface area contributed by atoms with Crippen LogP contribution in [-0.2, 0) is 19.1 Å². The van der Waals surface area contributed by atoms with Crippen molar-refractivity contribution < 1.29 is 34.1 Å². The van der Waals surface area contributed by atoms with Crippen molar-refractivity contribution in [2.75, 3.05) is 20.2 Å². The third kappa shape index (κ3) is 5.37. The summed E-state index contributed by atoms with van der Waals surface area (Å²) in [5, 5.41) is 18.9. The number of carbonyl (C=O) groups is 4. The van der Waals surface area contributed by atoms with Gasteiger partial charge in [0.1, 0.15) is 18.7 Å². The molecule has 9 nitrogen and oxygen atoms in total. The standard InChI is InChI=1S/C29H34N2O7/c1-3-31(24(28(35)36)16-25(32)33)27(34)26(18-10-4-5-11-18)30(2)29(37)38-17-23-21-14-8-6-12-19(21)20-13-7-9-15-22(20)23/h6-9,12-15,18,23-24,26H,3-5,10-11,16-17H2,1-2H3,(H,32,33)(H,35,36)/t24-,26?/m0/s1. The number of carboxylic acids is 2. The molecular weight excluding hydrogens is 488 g/mol. The van der Waals surface area contributed by atoms with Gasteiger partial charge in [0.15, 0.2) is 0 Å². The van der Waals surface area contributed by atoms with Gasteiger partial charge in [-0.2, -0.15) is 0 Å². The monoisotopic (exact) mass is 522 g/mol. The Bertz CT molecular complexity index is 1160. The normalized spacial score (nSPS) is 16.3. The molecule has 0 aromatic heterocycles. The highest BCUT2D eigenvalue weighted by Gasteiger charge is 2.42. The number of hydrogen-bond donors (Lipinski definition) is 2. The van der Waals surface area contributed by atoms with Gasteiger partial charge in [-0.05, 0) is 47.9 Å². The van der Waals surface area contributed by atoms with Gasteiger partial charge in [0.2, 0.25) is 5.91 Å².